The van der Waals surface area contributed by atoms with Gasteiger partial charge < -0.3 is 15.7 Å². The molecule has 2 amide bonds. The third kappa shape index (κ3) is 6.82. The van der Waals surface area contributed by atoms with Gasteiger partial charge in [-0.15, -0.1) is 0 Å². The number of aliphatic carboxylic acids is 1. The summed E-state index contributed by atoms with van der Waals surface area (Å²) < 4.78 is 0. The number of amides is 2. The standard InChI is InChI=1S/C25H24ClN3O4S/c1-15(2)13-21(25(32)33)29-22(30)18-11-10-16(14-20(18)26)28-23(31)19-9-6-12-27-24(19)34-17-7-4-3-5-8-17/h3-12,14-15,21H,13H2,1-2H3,(H,28,31)(H,29,30)(H,32,33). The first-order valence-corrected chi connectivity index (χ1v) is 11.8. The summed E-state index contributed by atoms with van der Waals surface area (Å²) in [5, 5.41) is 15.3. The highest BCUT2D eigenvalue weighted by Gasteiger charge is 2.23. The molecule has 2 aromatic carbocycles. The monoisotopic (exact) mass is 497 g/mol. The number of pyridine rings is 1. The molecule has 1 aromatic heterocycles. The Morgan fingerprint density at radius 2 is 1.74 bits per heavy atom. The van der Waals surface area contributed by atoms with Crippen molar-refractivity contribution < 1.29 is 19.5 Å². The van der Waals surface area contributed by atoms with Crippen LogP contribution >= 0.6 is 23.4 Å². The fourth-order valence-electron chi connectivity index (χ4n) is 3.15. The Labute approximate surface area is 206 Å². The van der Waals surface area contributed by atoms with E-state index in [1.54, 1.807) is 18.3 Å². The molecular formula is C25H24ClN3O4S. The van der Waals surface area contributed by atoms with E-state index < -0.39 is 17.9 Å². The highest BCUT2D eigenvalue weighted by Crippen LogP contribution is 2.29. The van der Waals surface area contributed by atoms with E-state index >= 15 is 0 Å². The van der Waals surface area contributed by atoms with Crippen LogP contribution in [0.25, 0.3) is 0 Å². The number of carbonyl (C=O) groups excluding carboxylic acids is 2. The second kappa shape index (κ2) is 11.7. The van der Waals surface area contributed by atoms with Gasteiger partial charge >= 0.3 is 5.97 Å². The van der Waals surface area contributed by atoms with Crippen LogP contribution < -0.4 is 10.6 Å². The van der Waals surface area contributed by atoms with Crippen LogP contribution in [0.4, 0.5) is 5.69 Å². The molecule has 1 atom stereocenters. The van der Waals surface area contributed by atoms with Crippen LogP contribution in [0.5, 0.6) is 0 Å². The maximum atomic E-state index is 12.9. The van der Waals surface area contributed by atoms with Crippen molar-refractivity contribution in [1.82, 2.24) is 10.3 Å². The third-order valence-electron chi connectivity index (χ3n) is 4.76. The highest BCUT2D eigenvalue weighted by molar-refractivity contribution is 7.99. The zero-order chi connectivity index (χ0) is 24.7. The lowest BCUT2D eigenvalue weighted by atomic mass is 10.0. The van der Waals surface area contributed by atoms with Gasteiger partial charge in [0.2, 0.25) is 0 Å². The molecule has 0 aliphatic heterocycles. The number of nitrogens with zero attached hydrogens (tertiary/aromatic N) is 1. The lowest BCUT2D eigenvalue weighted by Crippen LogP contribution is -2.41. The van der Waals surface area contributed by atoms with Crippen LogP contribution in [0.2, 0.25) is 5.02 Å². The van der Waals surface area contributed by atoms with Crippen LogP contribution in [0.1, 0.15) is 41.0 Å². The number of halogens is 1. The van der Waals surface area contributed by atoms with E-state index in [1.165, 1.54) is 30.0 Å². The molecule has 0 spiro atoms. The first kappa shape index (κ1) is 25.3. The van der Waals surface area contributed by atoms with Gasteiger partial charge in [-0.05, 0) is 54.8 Å². The van der Waals surface area contributed by atoms with E-state index in [0.29, 0.717) is 22.7 Å². The van der Waals surface area contributed by atoms with E-state index in [1.807, 2.05) is 44.2 Å². The van der Waals surface area contributed by atoms with Gasteiger partial charge in [-0.3, -0.25) is 9.59 Å². The largest absolute Gasteiger partial charge is 0.480 e. The topological polar surface area (TPSA) is 108 Å². The molecular weight excluding hydrogens is 474 g/mol. The molecule has 0 radical (unpaired) electrons. The average molecular weight is 498 g/mol. The van der Waals surface area contributed by atoms with E-state index in [9.17, 15) is 19.5 Å². The molecule has 7 nitrogen and oxygen atoms in total. The fraction of sp³-hybridized carbons (Fsp3) is 0.200. The first-order valence-electron chi connectivity index (χ1n) is 10.6. The number of carboxylic acid groups (broad SMARTS) is 1. The van der Waals surface area contributed by atoms with Crippen molar-refractivity contribution in [3.05, 3.63) is 83.0 Å². The fourth-order valence-corrected chi connectivity index (χ4v) is 4.32. The molecule has 3 N–H and O–H groups in total. The molecule has 34 heavy (non-hydrogen) atoms. The van der Waals surface area contributed by atoms with Crippen molar-refractivity contribution >= 4 is 46.8 Å². The minimum absolute atomic E-state index is 0.0897. The molecule has 1 unspecified atom stereocenters. The van der Waals surface area contributed by atoms with E-state index in [-0.39, 0.29) is 22.4 Å². The van der Waals surface area contributed by atoms with Crippen LogP contribution in [0, 0.1) is 5.92 Å². The molecule has 0 aliphatic rings. The number of carbonyl (C=O) groups is 3. The average Bonchev–Trinajstić information content (AvgIpc) is 2.79. The van der Waals surface area contributed by atoms with Crippen molar-refractivity contribution in [1.29, 1.82) is 0 Å². The van der Waals surface area contributed by atoms with E-state index in [4.69, 9.17) is 11.6 Å². The van der Waals surface area contributed by atoms with Gasteiger partial charge in [0.25, 0.3) is 11.8 Å². The molecule has 3 rings (SSSR count). The summed E-state index contributed by atoms with van der Waals surface area (Å²) in [6.45, 7) is 3.75. The van der Waals surface area contributed by atoms with Gasteiger partial charge in [-0.25, -0.2) is 9.78 Å². The zero-order valence-corrected chi connectivity index (χ0v) is 20.2. The predicted molar refractivity (Wildman–Crippen MR) is 133 cm³/mol. The van der Waals surface area contributed by atoms with Crippen molar-refractivity contribution in [3.63, 3.8) is 0 Å². The first-order chi connectivity index (χ1) is 16.2. The van der Waals surface area contributed by atoms with Gasteiger partial charge in [0.1, 0.15) is 11.1 Å². The van der Waals surface area contributed by atoms with Gasteiger partial charge in [-0.2, -0.15) is 0 Å². The molecule has 1 heterocycles. The van der Waals surface area contributed by atoms with Crippen molar-refractivity contribution in [2.75, 3.05) is 5.32 Å². The molecule has 0 saturated heterocycles. The number of benzene rings is 2. The number of nitrogens with one attached hydrogen (secondary N) is 2. The third-order valence-corrected chi connectivity index (χ3v) is 6.09. The predicted octanol–water partition coefficient (Wildman–Crippen LogP) is 5.37. The Morgan fingerprint density at radius 1 is 1.00 bits per heavy atom. The summed E-state index contributed by atoms with van der Waals surface area (Å²) in [5.41, 5.74) is 0.909. The summed E-state index contributed by atoms with van der Waals surface area (Å²) in [5.74, 6) is -1.98. The second-order valence-electron chi connectivity index (χ2n) is 7.91. The van der Waals surface area contributed by atoms with E-state index in [0.717, 1.165) is 4.90 Å². The smallest absolute Gasteiger partial charge is 0.326 e. The van der Waals surface area contributed by atoms with Crippen molar-refractivity contribution in [3.8, 4) is 0 Å². The number of anilines is 1. The molecule has 0 saturated carbocycles. The van der Waals surface area contributed by atoms with Crippen molar-refractivity contribution in [2.24, 2.45) is 5.92 Å². The normalized spacial score (nSPS) is 11.6. The quantitative estimate of drug-likeness (QED) is 0.367. The number of aromatic nitrogens is 1. The van der Waals surface area contributed by atoms with Crippen LogP contribution in [-0.2, 0) is 4.79 Å². The lowest BCUT2D eigenvalue weighted by Gasteiger charge is -2.17. The minimum Gasteiger partial charge on any atom is -0.480 e. The number of rotatable bonds is 9. The van der Waals surface area contributed by atoms with Gasteiger partial charge in [0, 0.05) is 16.8 Å². The van der Waals surface area contributed by atoms with Crippen LogP contribution in [0.3, 0.4) is 0 Å². The Morgan fingerprint density at radius 3 is 2.38 bits per heavy atom. The Balaban J connectivity index is 1.73. The van der Waals surface area contributed by atoms with Gasteiger partial charge in [-0.1, -0.05) is 55.4 Å². The van der Waals surface area contributed by atoms with Crippen LogP contribution in [0.15, 0.2) is 76.8 Å². The minimum atomic E-state index is -1.11. The summed E-state index contributed by atoms with van der Waals surface area (Å²) in [7, 11) is 0. The maximum Gasteiger partial charge on any atom is 0.326 e. The van der Waals surface area contributed by atoms with Crippen molar-refractivity contribution in [2.45, 2.75) is 36.2 Å². The van der Waals surface area contributed by atoms with Gasteiger partial charge in [0.15, 0.2) is 0 Å². The second-order valence-corrected chi connectivity index (χ2v) is 9.38. The summed E-state index contributed by atoms with van der Waals surface area (Å²) >= 11 is 7.66. The zero-order valence-electron chi connectivity index (χ0n) is 18.6. The van der Waals surface area contributed by atoms with Gasteiger partial charge in [0.05, 0.1) is 16.1 Å². The Kier molecular flexibility index (Phi) is 8.67. The molecule has 9 heteroatoms. The molecule has 0 bridgehead atoms. The molecule has 176 valence electrons. The molecule has 0 aliphatic carbocycles. The summed E-state index contributed by atoms with van der Waals surface area (Å²) in [6.07, 6.45) is 1.91. The van der Waals surface area contributed by atoms with E-state index in [2.05, 4.69) is 15.6 Å². The molecule has 3 aromatic rings. The number of hydrogen-bond donors (Lipinski definition) is 3. The summed E-state index contributed by atoms with van der Waals surface area (Å²) in [4.78, 5) is 42.2. The number of carboxylic acids is 1. The highest BCUT2D eigenvalue weighted by atomic mass is 35.5. The lowest BCUT2D eigenvalue weighted by molar-refractivity contribution is -0.139. The summed E-state index contributed by atoms with van der Waals surface area (Å²) in [6, 6.07) is 16.4. The SMILES string of the molecule is CC(C)CC(NC(=O)c1ccc(NC(=O)c2cccnc2Sc2ccccc2)cc1Cl)C(=O)O. The molecule has 0 fully saturated rings. The van der Waals surface area contributed by atoms with Crippen LogP contribution in [-0.4, -0.2) is 33.9 Å². The Bertz CT molecular complexity index is 1190. The Hall–Kier alpha value is -3.36. The number of hydrogen-bond acceptors (Lipinski definition) is 5. The maximum absolute atomic E-state index is 12.9.